The number of cyclic esters (lactones) is 1. The minimum atomic E-state index is -1.22. The molecule has 0 radical (unpaired) electrons. The molecular weight excluding hydrogens is 454 g/mol. The van der Waals surface area contributed by atoms with E-state index >= 15 is 0 Å². The molecule has 7 atom stereocenters. The molecule has 3 rings (SSSR count). The van der Waals surface area contributed by atoms with Crippen LogP contribution >= 0.6 is 11.3 Å². The van der Waals surface area contributed by atoms with Gasteiger partial charge in [-0.3, -0.25) is 9.59 Å². The highest BCUT2D eigenvalue weighted by molar-refractivity contribution is 7.09. The van der Waals surface area contributed by atoms with Crippen LogP contribution in [0, 0.1) is 24.2 Å². The maximum Gasteiger partial charge on any atom is 0.309 e. The number of nitrogens with zero attached hydrogens (tertiary/aromatic N) is 1. The topological polar surface area (TPSA) is 109 Å². The third-order valence-corrected chi connectivity index (χ3v) is 8.34. The zero-order valence-electron chi connectivity index (χ0n) is 21.1. The highest BCUT2D eigenvalue weighted by Crippen LogP contribution is 2.44. The van der Waals surface area contributed by atoms with Crippen LogP contribution in [-0.2, 0) is 19.1 Å². The predicted octanol–water partition coefficient (Wildman–Crippen LogP) is 4.09. The summed E-state index contributed by atoms with van der Waals surface area (Å²) >= 11 is 1.55. The van der Waals surface area contributed by atoms with Gasteiger partial charge >= 0.3 is 5.97 Å². The highest BCUT2D eigenvalue weighted by atomic mass is 32.1. The maximum atomic E-state index is 13.2. The average Bonchev–Trinajstić information content (AvgIpc) is 3.19. The SMILES string of the molecule is Cc1nc(/C=C/[C@@H]2C[C@@H]3O[C@]3(C)CCC[C@H](C)C(O)[C@@H](C)C(=O)C(C)(C)[C@@H](O)CC(=O)O2)cs1. The molecule has 1 aromatic heterocycles. The lowest BCUT2D eigenvalue weighted by atomic mass is 9.73. The van der Waals surface area contributed by atoms with Gasteiger partial charge in [0.05, 0.1) is 46.5 Å². The molecule has 1 aromatic rings. The zero-order valence-corrected chi connectivity index (χ0v) is 21.9. The number of hydrogen-bond acceptors (Lipinski definition) is 8. The molecule has 190 valence electrons. The van der Waals surface area contributed by atoms with E-state index in [-0.39, 0.29) is 29.8 Å². The van der Waals surface area contributed by atoms with Crippen LogP contribution in [0.15, 0.2) is 11.5 Å². The molecule has 0 saturated carbocycles. The summed E-state index contributed by atoms with van der Waals surface area (Å²) in [6, 6.07) is 0. The van der Waals surface area contributed by atoms with Gasteiger partial charge in [0.15, 0.2) is 0 Å². The first-order valence-corrected chi connectivity index (χ1v) is 13.1. The summed E-state index contributed by atoms with van der Waals surface area (Å²) in [5, 5.41) is 24.5. The van der Waals surface area contributed by atoms with Crippen molar-refractivity contribution in [1.82, 2.24) is 4.98 Å². The van der Waals surface area contributed by atoms with Crippen molar-refractivity contribution in [3.05, 3.63) is 22.2 Å². The summed E-state index contributed by atoms with van der Waals surface area (Å²) in [5.74, 6) is -1.55. The van der Waals surface area contributed by atoms with E-state index in [1.165, 1.54) is 0 Å². The van der Waals surface area contributed by atoms with Crippen LogP contribution in [-0.4, -0.2) is 57.0 Å². The van der Waals surface area contributed by atoms with Crippen molar-refractivity contribution in [2.45, 2.75) is 104 Å². The van der Waals surface area contributed by atoms with Gasteiger partial charge in [-0.15, -0.1) is 11.3 Å². The Hall–Kier alpha value is -1.61. The van der Waals surface area contributed by atoms with Crippen molar-refractivity contribution in [3.8, 4) is 0 Å². The van der Waals surface area contributed by atoms with Crippen molar-refractivity contribution in [3.63, 3.8) is 0 Å². The Morgan fingerprint density at radius 3 is 2.56 bits per heavy atom. The van der Waals surface area contributed by atoms with E-state index < -0.39 is 35.6 Å². The molecule has 0 amide bonds. The Balaban J connectivity index is 1.81. The number of aryl methyl sites for hydroxylation is 1. The first-order chi connectivity index (χ1) is 15.8. The third-order valence-electron chi connectivity index (χ3n) is 7.55. The van der Waals surface area contributed by atoms with Crippen LogP contribution in [0.5, 0.6) is 0 Å². The average molecular weight is 494 g/mol. The fourth-order valence-electron chi connectivity index (χ4n) is 4.82. The minimum Gasteiger partial charge on any atom is -0.458 e. The summed E-state index contributed by atoms with van der Waals surface area (Å²) in [7, 11) is 0. The largest absolute Gasteiger partial charge is 0.458 e. The predicted molar refractivity (Wildman–Crippen MR) is 131 cm³/mol. The molecule has 2 N–H and O–H groups in total. The van der Waals surface area contributed by atoms with E-state index in [2.05, 4.69) is 11.9 Å². The molecule has 2 aliphatic rings. The molecule has 1 unspecified atom stereocenters. The van der Waals surface area contributed by atoms with E-state index in [1.54, 1.807) is 32.1 Å². The van der Waals surface area contributed by atoms with Crippen LogP contribution in [0.25, 0.3) is 6.08 Å². The number of aliphatic hydroxyl groups excluding tert-OH is 2. The number of carbonyl (C=O) groups excluding carboxylic acids is 2. The zero-order chi connectivity index (χ0) is 25.3. The number of Topliss-reactive ketones (excluding diaryl/α,β-unsaturated/α-hetero) is 1. The summed E-state index contributed by atoms with van der Waals surface area (Å²) < 4.78 is 11.7. The number of ketones is 1. The van der Waals surface area contributed by atoms with Crippen LogP contribution in [0.2, 0.25) is 0 Å². The number of epoxide rings is 1. The maximum absolute atomic E-state index is 13.2. The number of aliphatic hydroxyl groups is 2. The van der Waals surface area contributed by atoms with E-state index in [0.29, 0.717) is 6.42 Å². The van der Waals surface area contributed by atoms with Gasteiger partial charge < -0.3 is 19.7 Å². The first-order valence-electron chi connectivity index (χ1n) is 12.2. The van der Waals surface area contributed by atoms with Crippen LogP contribution < -0.4 is 0 Å². The molecule has 0 bridgehead atoms. The summed E-state index contributed by atoms with van der Waals surface area (Å²) in [5.41, 5.74) is -0.684. The Bertz CT molecular complexity index is 911. The Morgan fingerprint density at radius 2 is 1.91 bits per heavy atom. The number of hydrogen-bond donors (Lipinski definition) is 2. The Kier molecular flexibility index (Phi) is 8.38. The van der Waals surface area contributed by atoms with Crippen LogP contribution in [0.3, 0.4) is 0 Å². The highest BCUT2D eigenvalue weighted by Gasteiger charge is 2.52. The van der Waals surface area contributed by atoms with Gasteiger partial charge in [-0.25, -0.2) is 4.98 Å². The molecule has 0 spiro atoms. The molecule has 0 aromatic carbocycles. The summed E-state index contributed by atoms with van der Waals surface area (Å²) in [6.45, 7) is 10.9. The molecule has 3 heterocycles. The number of thiazole rings is 1. The minimum absolute atomic E-state index is 0.0397. The van der Waals surface area contributed by atoms with Crippen molar-refractivity contribution in [2.75, 3.05) is 0 Å². The number of ether oxygens (including phenoxy) is 2. The van der Waals surface area contributed by atoms with Gasteiger partial charge in [0.1, 0.15) is 11.9 Å². The summed E-state index contributed by atoms with van der Waals surface area (Å²) in [4.78, 5) is 30.4. The van der Waals surface area contributed by atoms with Gasteiger partial charge in [0.2, 0.25) is 0 Å². The fraction of sp³-hybridized carbons (Fsp3) is 0.731. The molecule has 0 aliphatic carbocycles. The normalized spacial score (nSPS) is 37.9. The number of esters is 1. The van der Waals surface area contributed by atoms with Crippen molar-refractivity contribution in [1.29, 1.82) is 0 Å². The number of carbonyl (C=O) groups is 2. The lowest BCUT2D eigenvalue weighted by molar-refractivity contribution is -0.154. The van der Waals surface area contributed by atoms with E-state index in [0.717, 1.165) is 30.0 Å². The molecule has 2 aliphatic heterocycles. The molecular formula is C26H39NO6S. The van der Waals surface area contributed by atoms with Gasteiger partial charge in [-0.05, 0) is 44.8 Å². The van der Waals surface area contributed by atoms with Crippen LogP contribution in [0.4, 0.5) is 0 Å². The Morgan fingerprint density at radius 1 is 1.21 bits per heavy atom. The first kappa shape index (κ1) is 27.0. The molecule has 34 heavy (non-hydrogen) atoms. The van der Waals surface area contributed by atoms with E-state index in [1.807, 2.05) is 31.4 Å². The molecule has 8 heteroatoms. The summed E-state index contributed by atoms with van der Waals surface area (Å²) in [6.07, 6.45) is 3.72. The standard InChI is InChI=1S/C26H39NO6S/c1-15-8-7-11-26(6)21(33-26)12-19(10-9-18-14-34-17(3)27-18)32-22(29)13-20(28)25(4,5)24(31)16(2)23(15)30/h9-10,14-16,19-21,23,28,30H,7-8,11-13H2,1-6H3/b10-9+/t15-,16+,19+,20-,21-,23?,26+/m0/s1. The smallest absolute Gasteiger partial charge is 0.309 e. The second-order valence-corrected chi connectivity index (χ2v) is 11.9. The Labute approximate surface area is 206 Å². The quantitative estimate of drug-likeness (QED) is 0.472. The number of rotatable bonds is 2. The molecule has 7 nitrogen and oxygen atoms in total. The number of fused-ring (bicyclic) bond motifs is 1. The van der Waals surface area contributed by atoms with Gasteiger partial charge in [-0.1, -0.05) is 34.1 Å². The van der Waals surface area contributed by atoms with E-state index in [9.17, 15) is 19.8 Å². The van der Waals surface area contributed by atoms with Crippen molar-refractivity contribution in [2.24, 2.45) is 17.3 Å². The lowest BCUT2D eigenvalue weighted by Gasteiger charge is -2.34. The number of aromatic nitrogens is 1. The van der Waals surface area contributed by atoms with Gasteiger partial charge in [0.25, 0.3) is 0 Å². The van der Waals surface area contributed by atoms with E-state index in [4.69, 9.17) is 9.47 Å². The molecule has 2 saturated heterocycles. The monoisotopic (exact) mass is 493 g/mol. The fourth-order valence-corrected chi connectivity index (χ4v) is 5.40. The van der Waals surface area contributed by atoms with Crippen molar-refractivity contribution >= 4 is 29.2 Å². The second kappa shape index (κ2) is 10.6. The third kappa shape index (κ3) is 6.33. The second-order valence-electron chi connectivity index (χ2n) is 10.8. The van der Waals surface area contributed by atoms with Gasteiger partial charge in [-0.2, -0.15) is 0 Å². The lowest BCUT2D eigenvalue weighted by Crippen LogP contribution is -2.45. The van der Waals surface area contributed by atoms with Crippen molar-refractivity contribution < 1.29 is 29.3 Å². The van der Waals surface area contributed by atoms with Crippen LogP contribution in [0.1, 0.15) is 77.4 Å². The van der Waals surface area contributed by atoms with Gasteiger partial charge in [0, 0.05) is 17.7 Å². The molecule has 2 fully saturated rings.